The first-order valence-corrected chi connectivity index (χ1v) is 19.0. The van der Waals surface area contributed by atoms with Gasteiger partial charge in [-0.1, -0.05) is 112 Å². The van der Waals surface area contributed by atoms with Crippen molar-refractivity contribution in [1.29, 1.82) is 0 Å². The Morgan fingerprint density at radius 3 is 2.09 bits per heavy atom. The van der Waals surface area contributed by atoms with E-state index in [-0.39, 0.29) is 9.93 Å². The lowest BCUT2D eigenvalue weighted by atomic mass is 10.2. The number of hydrogen-bond donors (Lipinski definition) is 2. The Morgan fingerprint density at radius 1 is 0.911 bits per heavy atom. The fraction of sp³-hybridized carbons (Fsp3) is 0.200. The van der Waals surface area contributed by atoms with E-state index in [4.69, 9.17) is 4.43 Å². The van der Waals surface area contributed by atoms with Gasteiger partial charge in [-0.05, 0) is 52.5 Å². The van der Waals surface area contributed by atoms with Gasteiger partial charge >= 0.3 is 0 Å². The van der Waals surface area contributed by atoms with Crippen LogP contribution in [-0.4, -0.2) is 33.3 Å². The standard InChI is InChI=1S/C35H38N4O3S2Si/c1-26-16-19-29(20-17-26)44(40,41)39-38-27(2)33-25-43-34(37-33)32-21-18-28(24-36-32)22-23-42-45(35(3,4)5,30-12-8-6-9-13-30)31-14-10-7-11-15-31/h6-21,24-25,38-39H,2,22-23H2,1,3-5H3. The van der Waals surface area contributed by atoms with Crippen molar-refractivity contribution < 1.29 is 12.8 Å². The number of rotatable bonds is 12. The van der Waals surface area contributed by atoms with Crippen LogP contribution in [0.1, 0.15) is 37.6 Å². The number of sulfonamides is 1. The molecule has 0 saturated carbocycles. The number of aryl methyl sites for hydroxylation is 1. The lowest BCUT2D eigenvalue weighted by Crippen LogP contribution is -2.66. The molecule has 0 aliphatic heterocycles. The van der Waals surface area contributed by atoms with E-state index in [1.807, 2.05) is 24.6 Å². The van der Waals surface area contributed by atoms with E-state index in [0.717, 1.165) is 23.2 Å². The van der Waals surface area contributed by atoms with Crippen LogP contribution in [0.4, 0.5) is 0 Å². The molecule has 7 nitrogen and oxygen atoms in total. The molecule has 2 aromatic heterocycles. The van der Waals surface area contributed by atoms with Crippen LogP contribution in [0.15, 0.2) is 120 Å². The van der Waals surface area contributed by atoms with Crippen molar-refractivity contribution in [3.63, 3.8) is 0 Å². The van der Waals surface area contributed by atoms with Crippen molar-refractivity contribution in [2.24, 2.45) is 0 Å². The topological polar surface area (TPSA) is 93.2 Å². The predicted molar refractivity (Wildman–Crippen MR) is 186 cm³/mol. The summed E-state index contributed by atoms with van der Waals surface area (Å²) in [6.07, 6.45) is 2.59. The largest absolute Gasteiger partial charge is 0.407 e. The van der Waals surface area contributed by atoms with Gasteiger partial charge in [0, 0.05) is 18.2 Å². The number of pyridine rings is 1. The SMILES string of the molecule is C=C(NNS(=O)(=O)c1ccc(C)cc1)c1csc(-c2ccc(CCO[Si](c3ccccc3)(c3ccccc3)C(C)(C)C)cn2)n1. The zero-order valence-electron chi connectivity index (χ0n) is 25.9. The number of thiazole rings is 1. The van der Waals surface area contributed by atoms with Gasteiger partial charge < -0.3 is 9.85 Å². The minimum atomic E-state index is -3.75. The van der Waals surface area contributed by atoms with Crippen molar-refractivity contribution in [1.82, 2.24) is 20.2 Å². The highest BCUT2D eigenvalue weighted by molar-refractivity contribution is 7.89. The summed E-state index contributed by atoms with van der Waals surface area (Å²) in [6.45, 7) is 13.3. The Bertz CT molecular complexity index is 1800. The molecule has 5 aromatic rings. The van der Waals surface area contributed by atoms with Gasteiger partial charge in [0.05, 0.1) is 22.0 Å². The second-order valence-corrected chi connectivity index (χ2v) is 18.7. The minimum absolute atomic E-state index is 0.0837. The van der Waals surface area contributed by atoms with E-state index < -0.39 is 18.3 Å². The molecule has 0 atom stereocenters. The molecule has 0 aliphatic rings. The monoisotopic (exact) mass is 654 g/mol. The fourth-order valence-electron chi connectivity index (χ4n) is 5.28. The molecule has 0 bridgehead atoms. The Morgan fingerprint density at radius 2 is 1.53 bits per heavy atom. The second-order valence-electron chi connectivity index (χ2n) is 11.9. The van der Waals surface area contributed by atoms with Gasteiger partial charge in [-0.15, -0.1) is 16.2 Å². The third-order valence-electron chi connectivity index (χ3n) is 7.65. The van der Waals surface area contributed by atoms with Crippen molar-refractivity contribution in [2.75, 3.05) is 6.61 Å². The first kappa shape index (κ1) is 32.5. The molecule has 3 aromatic carbocycles. The van der Waals surface area contributed by atoms with Crippen LogP contribution in [0.3, 0.4) is 0 Å². The first-order valence-electron chi connectivity index (χ1n) is 14.7. The lowest BCUT2D eigenvalue weighted by Gasteiger charge is -2.43. The Kier molecular flexibility index (Phi) is 9.81. The second kappa shape index (κ2) is 13.6. The summed E-state index contributed by atoms with van der Waals surface area (Å²) in [7, 11) is -6.35. The number of hydrogen-bond acceptors (Lipinski definition) is 7. The van der Waals surface area contributed by atoms with Crippen molar-refractivity contribution in [3.8, 4) is 10.7 Å². The van der Waals surface area contributed by atoms with Crippen LogP contribution in [0.2, 0.25) is 5.04 Å². The van der Waals surface area contributed by atoms with E-state index in [1.54, 1.807) is 24.3 Å². The van der Waals surface area contributed by atoms with E-state index in [1.165, 1.54) is 21.7 Å². The highest BCUT2D eigenvalue weighted by atomic mass is 32.2. The fourth-order valence-corrected chi connectivity index (χ4v) is 11.5. The molecule has 45 heavy (non-hydrogen) atoms. The van der Waals surface area contributed by atoms with Crippen molar-refractivity contribution in [2.45, 2.75) is 44.0 Å². The molecule has 2 heterocycles. The molecule has 0 aliphatic carbocycles. The van der Waals surface area contributed by atoms with Gasteiger partial charge in [0.25, 0.3) is 18.3 Å². The maximum atomic E-state index is 12.6. The van der Waals surface area contributed by atoms with E-state index in [9.17, 15) is 8.42 Å². The van der Waals surface area contributed by atoms with Crippen LogP contribution in [-0.2, 0) is 20.9 Å². The Hall–Kier alpha value is -3.93. The summed E-state index contributed by atoms with van der Waals surface area (Å²) >= 11 is 1.42. The zero-order chi connectivity index (χ0) is 32.1. The van der Waals surface area contributed by atoms with Crippen LogP contribution in [0.5, 0.6) is 0 Å². The third-order valence-corrected chi connectivity index (χ3v) is 14.8. The summed E-state index contributed by atoms with van der Waals surface area (Å²) in [4.78, 5) is 11.8. The molecular formula is C35H38N4O3S2Si. The summed E-state index contributed by atoms with van der Waals surface area (Å²) in [5, 5.41) is 4.97. The van der Waals surface area contributed by atoms with Gasteiger partial charge in [0.15, 0.2) is 0 Å². The maximum absolute atomic E-state index is 12.6. The molecule has 0 unspecified atom stereocenters. The molecule has 0 fully saturated rings. The first-order chi connectivity index (χ1) is 21.5. The van der Waals surface area contributed by atoms with Gasteiger partial charge in [-0.3, -0.25) is 4.98 Å². The average molecular weight is 655 g/mol. The lowest BCUT2D eigenvalue weighted by molar-refractivity contribution is 0.301. The number of benzene rings is 3. The van der Waals surface area contributed by atoms with E-state index in [2.05, 4.69) is 114 Å². The molecule has 5 rings (SSSR count). The summed E-state index contributed by atoms with van der Waals surface area (Å²) in [5.41, 5.74) is 6.33. The number of hydrazine groups is 1. The molecule has 0 saturated heterocycles. The number of aromatic nitrogens is 2. The summed E-state index contributed by atoms with van der Waals surface area (Å²) in [6, 6.07) is 31.9. The molecule has 0 spiro atoms. The van der Waals surface area contributed by atoms with Crippen LogP contribution in [0, 0.1) is 6.92 Å². The normalized spacial score (nSPS) is 12.2. The van der Waals surface area contributed by atoms with Crippen molar-refractivity contribution in [3.05, 3.63) is 132 Å². The van der Waals surface area contributed by atoms with Gasteiger partial charge in [-0.25, -0.2) is 13.4 Å². The van der Waals surface area contributed by atoms with Gasteiger partial charge in [0.1, 0.15) is 5.01 Å². The van der Waals surface area contributed by atoms with E-state index >= 15 is 0 Å². The summed E-state index contributed by atoms with van der Waals surface area (Å²) in [5.74, 6) is 0. The van der Waals surface area contributed by atoms with E-state index in [0.29, 0.717) is 23.0 Å². The molecular weight excluding hydrogens is 617 g/mol. The maximum Gasteiger partial charge on any atom is 0.261 e. The Labute approximate surface area is 271 Å². The molecule has 232 valence electrons. The Balaban J connectivity index is 1.24. The molecule has 2 N–H and O–H groups in total. The minimum Gasteiger partial charge on any atom is -0.407 e. The number of nitrogens with one attached hydrogen (secondary N) is 2. The zero-order valence-corrected chi connectivity index (χ0v) is 28.6. The highest BCUT2D eigenvalue weighted by Gasteiger charge is 2.49. The van der Waals surface area contributed by atoms with Crippen molar-refractivity contribution >= 4 is 45.7 Å². The van der Waals surface area contributed by atoms with Gasteiger partial charge in [-0.2, -0.15) is 0 Å². The molecule has 0 radical (unpaired) electrons. The summed E-state index contributed by atoms with van der Waals surface area (Å²) < 4.78 is 32.3. The average Bonchev–Trinajstić information content (AvgIpc) is 3.53. The predicted octanol–water partition coefficient (Wildman–Crippen LogP) is 6.09. The third kappa shape index (κ3) is 7.32. The van der Waals surface area contributed by atoms with Gasteiger partial charge in [0.2, 0.25) is 0 Å². The van der Waals surface area contributed by atoms with Crippen LogP contribution in [0.25, 0.3) is 16.4 Å². The molecule has 10 heteroatoms. The quantitative estimate of drug-likeness (QED) is 0.125. The smallest absolute Gasteiger partial charge is 0.261 e. The van der Waals surface area contributed by atoms with Crippen LogP contribution < -0.4 is 20.6 Å². The molecule has 0 amide bonds. The number of nitrogens with zero attached hydrogens (tertiary/aromatic N) is 2. The van der Waals surface area contributed by atoms with Crippen LogP contribution >= 0.6 is 11.3 Å². The highest BCUT2D eigenvalue weighted by Crippen LogP contribution is 2.36.